The summed E-state index contributed by atoms with van der Waals surface area (Å²) in [4.78, 5) is 20.4. The molecule has 2 amide bonds. The van der Waals surface area contributed by atoms with Gasteiger partial charge in [0.1, 0.15) is 24.5 Å². The van der Waals surface area contributed by atoms with Crippen molar-refractivity contribution < 1.29 is 18.4 Å². The van der Waals surface area contributed by atoms with Crippen molar-refractivity contribution in [3.8, 4) is 5.75 Å². The monoisotopic (exact) mass is 427 g/mol. The van der Waals surface area contributed by atoms with Crippen molar-refractivity contribution in [1.29, 1.82) is 0 Å². The lowest BCUT2D eigenvalue weighted by Gasteiger charge is -2.20. The van der Waals surface area contributed by atoms with E-state index in [0.29, 0.717) is 36.3 Å². The molecule has 0 unspecified atom stereocenters. The van der Waals surface area contributed by atoms with Crippen LogP contribution in [-0.4, -0.2) is 34.3 Å². The van der Waals surface area contributed by atoms with Crippen LogP contribution in [0.3, 0.4) is 0 Å². The normalized spacial score (nSPS) is 12.9. The van der Waals surface area contributed by atoms with E-state index >= 15 is 0 Å². The minimum atomic E-state index is -0.578. The van der Waals surface area contributed by atoms with Crippen molar-refractivity contribution in [3.05, 3.63) is 42.2 Å². The van der Waals surface area contributed by atoms with Crippen LogP contribution in [0.5, 0.6) is 5.75 Å². The lowest BCUT2D eigenvalue weighted by Crippen LogP contribution is -2.20. The van der Waals surface area contributed by atoms with E-state index in [4.69, 9.17) is 9.26 Å². The Morgan fingerprint density at radius 2 is 2.03 bits per heavy atom. The summed E-state index contributed by atoms with van der Waals surface area (Å²) in [5.74, 6) is 1.64. The molecule has 0 aliphatic carbocycles. The molecular formula is C20H22FN7O3. The van der Waals surface area contributed by atoms with Gasteiger partial charge >= 0.3 is 6.03 Å². The number of rotatable bonds is 4. The van der Waals surface area contributed by atoms with Crippen LogP contribution in [-0.2, 0) is 5.41 Å². The van der Waals surface area contributed by atoms with E-state index < -0.39 is 11.8 Å². The molecule has 1 aliphatic heterocycles. The summed E-state index contributed by atoms with van der Waals surface area (Å²) in [6.45, 7) is 6.99. The maximum atomic E-state index is 14.6. The first-order chi connectivity index (χ1) is 14.8. The molecule has 4 N–H and O–H groups in total. The Morgan fingerprint density at radius 1 is 1.19 bits per heavy atom. The number of aromatic nitrogens is 3. The highest BCUT2D eigenvalue weighted by Crippen LogP contribution is 2.34. The number of ether oxygens (including phenoxy) is 1. The molecular weight excluding hydrogens is 405 g/mol. The van der Waals surface area contributed by atoms with Crippen LogP contribution in [0.1, 0.15) is 26.5 Å². The van der Waals surface area contributed by atoms with E-state index in [0.717, 1.165) is 0 Å². The number of anilines is 5. The van der Waals surface area contributed by atoms with Gasteiger partial charge in [-0.25, -0.2) is 19.2 Å². The maximum absolute atomic E-state index is 14.6. The van der Waals surface area contributed by atoms with Crippen molar-refractivity contribution in [2.75, 3.05) is 34.4 Å². The van der Waals surface area contributed by atoms with Gasteiger partial charge in [0.15, 0.2) is 17.5 Å². The van der Waals surface area contributed by atoms with Crippen molar-refractivity contribution in [1.82, 2.24) is 15.1 Å². The van der Waals surface area contributed by atoms with Gasteiger partial charge in [-0.05, 0) is 18.2 Å². The predicted molar refractivity (Wildman–Crippen MR) is 114 cm³/mol. The van der Waals surface area contributed by atoms with Gasteiger partial charge < -0.3 is 25.2 Å². The molecule has 0 radical (unpaired) electrons. The van der Waals surface area contributed by atoms with Gasteiger partial charge in [0, 0.05) is 17.2 Å². The summed E-state index contributed by atoms with van der Waals surface area (Å²) in [5.41, 5.74) is 0.203. The number of benzene rings is 1. The molecule has 0 saturated heterocycles. The minimum Gasteiger partial charge on any atom is -0.485 e. The second kappa shape index (κ2) is 8.09. The number of urea groups is 1. The Kier molecular flexibility index (Phi) is 5.32. The molecule has 11 heteroatoms. The molecule has 1 aromatic carbocycles. The van der Waals surface area contributed by atoms with Crippen LogP contribution in [0.15, 0.2) is 35.1 Å². The number of fused-ring (bicyclic) bond motifs is 1. The van der Waals surface area contributed by atoms with E-state index in [1.165, 1.54) is 18.5 Å². The molecule has 10 nitrogen and oxygen atoms in total. The van der Waals surface area contributed by atoms with E-state index in [-0.39, 0.29) is 22.6 Å². The molecule has 3 heterocycles. The second-order valence-corrected chi connectivity index (χ2v) is 7.90. The quantitative estimate of drug-likeness (QED) is 0.490. The summed E-state index contributed by atoms with van der Waals surface area (Å²) < 4.78 is 25.4. The van der Waals surface area contributed by atoms with Crippen LogP contribution in [0.2, 0.25) is 0 Å². The molecule has 0 bridgehead atoms. The topological polar surface area (TPSA) is 126 Å². The first-order valence-electron chi connectivity index (χ1n) is 9.63. The Bertz CT molecular complexity index is 1110. The molecule has 0 spiro atoms. The summed E-state index contributed by atoms with van der Waals surface area (Å²) in [5, 5.41) is 14.9. The van der Waals surface area contributed by atoms with Crippen molar-refractivity contribution in [2.45, 2.75) is 26.2 Å². The highest BCUT2D eigenvalue weighted by Gasteiger charge is 2.21. The predicted octanol–water partition coefficient (Wildman–Crippen LogP) is 4.09. The molecule has 0 atom stereocenters. The first kappa shape index (κ1) is 20.4. The number of halogens is 1. The summed E-state index contributed by atoms with van der Waals surface area (Å²) >= 11 is 0. The number of hydrogen-bond acceptors (Lipinski definition) is 8. The standard InChI is InChI=1S/C20H22FN7O3/c1-20(2,3)14-9-15(28-31-14)27-19(29)25-11-4-5-13(12(21)8-11)26-18-16-17(23-10-24-18)22-6-7-30-16/h4-5,8-10H,6-7H2,1-3H3,(H2,22,23,24,26)(H2,25,27,28,29). The number of carbonyl (C=O) groups is 1. The van der Waals surface area contributed by atoms with Gasteiger partial charge in [0.05, 0.1) is 12.2 Å². The molecule has 1 aliphatic rings. The van der Waals surface area contributed by atoms with E-state index in [1.54, 1.807) is 12.1 Å². The van der Waals surface area contributed by atoms with Crippen molar-refractivity contribution in [2.24, 2.45) is 0 Å². The molecule has 3 aromatic rings. The summed E-state index contributed by atoms with van der Waals surface area (Å²) in [6, 6.07) is 5.31. The van der Waals surface area contributed by atoms with Gasteiger partial charge in [-0.1, -0.05) is 25.9 Å². The van der Waals surface area contributed by atoms with Crippen molar-refractivity contribution >= 4 is 34.9 Å². The number of carbonyl (C=O) groups excluding carboxylic acids is 1. The highest BCUT2D eigenvalue weighted by molar-refractivity contribution is 5.99. The fourth-order valence-electron chi connectivity index (χ4n) is 2.84. The van der Waals surface area contributed by atoms with E-state index in [9.17, 15) is 9.18 Å². The number of hydrogen-bond donors (Lipinski definition) is 4. The maximum Gasteiger partial charge on any atom is 0.324 e. The Hall–Kier alpha value is -3.89. The second-order valence-electron chi connectivity index (χ2n) is 7.90. The molecule has 162 valence electrons. The largest absolute Gasteiger partial charge is 0.485 e. The Balaban J connectivity index is 1.42. The molecule has 2 aromatic heterocycles. The highest BCUT2D eigenvalue weighted by atomic mass is 19.1. The van der Waals surface area contributed by atoms with Gasteiger partial charge in [-0.15, -0.1) is 0 Å². The van der Waals surface area contributed by atoms with Crippen molar-refractivity contribution in [3.63, 3.8) is 0 Å². The SMILES string of the molecule is CC(C)(C)c1cc(NC(=O)Nc2ccc(Nc3ncnc4c3OCCN4)c(F)c2)no1. The fraction of sp³-hybridized carbons (Fsp3) is 0.300. The number of amides is 2. The number of nitrogens with one attached hydrogen (secondary N) is 4. The third kappa shape index (κ3) is 4.65. The van der Waals surface area contributed by atoms with E-state index in [2.05, 4.69) is 36.4 Å². The smallest absolute Gasteiger partial charge is 0.324 e. The molecule has 4 rings (SSSR count). The van der Waals surface area contributed by atoms with Crippen LogP contribution >= 0.6 is 0 Å². The Morgan fingerprint density at radius 3 is 2.77 bits per heavy atom. The zero-order chi connectivity index (χ0) is 22.0. The van der Waals surface area contributed by atoms with Gasteiger partial charge in [0.2, 0.25) is 5.75 Å². The third-order valence-electron chi connectivity index (χ3n) is 4.42. The average molecular weight is 427 g/mol. The van der Waals surface area contributed by atoms with E-state index in [1.807, 2.05) is 20.8 Å². The first-order valence-corrected chi connectivity index (χ1v) is 9.63. The lowest BCUT2D eigenvalue weighted by atomic mass is 9.93. The Labute approximate surface area is 177 Å². The van der Waals surface area contributed by atoms with Gasteiger partial charge in [-0.3, -0.25) is 5.32 Å². The zero-order valence-corrected chi connectivity index (χ0v) is 17.2. The molecule has 0 fully saturated rings. The zero-order valence-electron chi connectivity index (χ0n) is 17.2. The van der Waals surface area contributed by atoms with Crippen LogP contribution in [0.25, 0.3) is 0 Å². The van der Waals surface area contributed by atoms with Crippen LogP contribution in [0.4, 0.5) is 38.0 Å². The number of nitrogens with zero attached hydrogens (tertiary/aromatic N) is 3. The summed E-state index contributed by atoms with van der Waals surface area (Å²) in [6.07, 6.45) is 1.36. The average Bonchev–Trinajstić information content (AvgIpc) is 3.19. The summed E-state index contributed by atoms with van der Waals surface area (Å²) in [7, 11) is 0. The van der Waals surface area contributed by atoms with Crippen LogP contribution < -0.4 is 26.0 Å². The third-order valence-corrected chi connectivity index (χ3v) is 4.42. The lowest BCUT2D eigenvalue weighted by molar-refractivity contribution is 0.262. The molecule has 31 heavy (non-hydrogen) atoms. The molecule has 0 saturated carbocycles. The minimum absolute atomic E-state index is 0.173. The van der Waals surface area contributed by atoms with Crippen LogP contribution in [0, 0.1) is 5.82 Å². The van der Waals surface area contributed by atoms with Gasteiger partial charge in [-0.2, -0.15) is 0 Å². The van der Waals surface area contributed by atoms with Gasteiger partial charge in [0.25, 0.3) is 0 Å². The fourth-order valence-corrected chi connectivity index (χ4v) is 2.84.